The SMILES string of the molecule is CCCCn1c(C(C)(C)C)nn(C(=O)N(C)C)c1=S. The molecule has 1 amide bonds. The minimum atomic E-state index is -0.203. The molecule has 0 spiro atoms. The largest absolute Gasteiger partial charge is 0.346 e. The third kappa shape index (κ3) is 3.43. The normalized spacial score (nSPS) is 11.7. The van der Waals surface area contributed by atoms with Crippen LogP contribution in [0, 0.1) is 4.77 Å². The third-order valence-electron chi connectivity index (χ3n) is 2.83. The van der Waals surface area contributed by atoms with Crippen LogP contribution in [-0.4, -0.2) is 39.4 Å². The van der Waals surface area contributed by atoms with Gasteiger partial charge in [-0.1, -0.05) is 34.1 Å². The zero-order valence-electron chi connectivity index (χ0n) is 12.7. The van der Waals surface area contributed by atoms with E-state index >= 15 is 0 Å². The summed E-state index contributed by atoms with van der Waals surface area (Å²) < 4.78 is 3.79. The molecule has 0 aliphatic heterocycles. The highest BCUT2D eigenvalue weighted by Gasteiger charge is 2.25. The number of carbonyl (C=O) groups is 1. The third-order valence-corrected chi connectivity index (χ3v) is 3.23. The van der Waals surface area contributed by atoms with Gasteiger partial charge in [-0.05, 0) is 18.6 Å². The van der Waals surface area contributed by atoms with Crippen LogP contribution in [0.25, 0.3) is 0 Å². The molecule has 0 fully saturated rings. The summed E-state index contributed by atoms with van der Waals surface area (Å²) in [6.45, 7) is 9.18. The maximum absolute atomic E-state index is 12.1. The Balaban J connectivity index is 3.35. The lowest BCUT2D eigenvalue weighted by atomic mass is 9.95. The smallest absolute Gasteiger partial charge is 0.329 e. The molecule has 0 aliphatic rings. The molecule has 0 aromatic carbocycles. The quantitative estimate of drug-likeness (QED) is 0.801. The van der Waals surface area contributed by atoms with Crippen molar-refractivity contribution in [1.82, 2.24) is 19.2 Å². The maximum atomic E-state index is 12.1. The second-order valence-corrected chi connectivity index (χ2v) is 6.32. The minimum absolute atomic E-state index is 0.140. The second kappa shape index (κ2) is 5.86. The van der Waals surface area contributed by atoms with Crippen molar-refractivity contribution in [3.63, 3.8) is 0 Å². The molecule has 0 atom stereocenters. The standard InChI is InChI=1S/C13H24N4OS/c1-7-8-9-16-10(13(2,3)4)14-17(12(16)19)11(18)15(5)6/h7-9H2,1-6H3. The number of unbranched alkanes of at least 4 members (excludes halogenated alkanes) is 1. The van der Waals surface area contributed by atoms with Crippen LogP contribution in [0.3, 0.4) is 0 Å². The van der Waals surface area contributed by atoms with Gasteiger partial charge in [0, 0.05) is 26.1 Å². The fourth-order valence-corrected chi connectivity index (χ4v) is 2.08. The van der Waals surface area contributed by atoms with Gasteiger partial charge in [-0.2, -0.15) is 4.68 Å². The van der Waals surface area contributed by atoms with Crippen molar-refractivity contribution in [1.29, 1.82) is 0 Å². The second-order valence-electron chi connectivity index (χ2n) is 5.95. The molecule has 1 aromatic rings. The first-order valence-corrected chi connectivity index (χ1v) is 7.03. The molecule has 0 bridgehead atoms. The monoisotopic (exact) mass is 284 g/mol. The van der Waals surface area contributed by atoms with E-state index in [1.807, 2.05) is 4.57 Å². The van der Waals surface area contributed by atoms with Crippen LogP contribution in [0.5, 0.6) is 0 Å². The molecule has 108 valence electrons. The minimum Gasteiger partial charge on any atom is -0.329 e. The topological polar surface area (TPSA) is 43.1 Å². The molecule has 1 aromatic heterocycles. The number of nitrogens with zero attached hydrogens (tertiary/aromatic N) is 4. The van der Waals surface area contributed by atoms with E-state index in [9.17, 15) is 4.79 Å². The molecular formula is C13H24N4OS. The highest BCUT2D eigenvalue weighted by molar-refractivity contribution is 7.71. The van der Waals surface area contributed by atoms with Gasteiger partial charge in [0.25, 0.3) is 0 Å². The van der Waals surface area contributed by atoms with Crippen molar-refractivity contribution < 1.29 is 4.79 Å². The average Bonchev–Trinajstić information content (AvgIpc) is 2.62. The molecule has 1 heterocycles. The van der Waals surface area contributed by atoms with Gasteiger partial charge < -0.3 is 9.47 Å². The molecule has 0 unspecified atom stereocenters. The summed E-state index contributed by atoms with van der Waals surface area (Å²) in [5, 5.41) is 4.44. The Morgan fingerprint density at radius 1 is 1.37 bits per heavy atom. The molecule has 19 heavy (non-hydrogen) atoms. The molecule has 0 N–H and O–H groups in total. The van der Waals surface area contributed by atoms with E-state index in [4.69, 9.17) is 12.2 Å². The van der Waals surface area contributed by atoms with Gasteiger partial charge in [0.2, 0.25) is 4.77 Å². The van der Waals surface area contributed by atoms with E-state index in [-0.39, 0.29) is 11.4 Å². The van der Waals surface area contributed by atoms with Crippen LogP contribution in [-0.2, 0) is 12.0 Å². The highest BCUT2D eigenvalue weighted by atomic mass is 32.1. The van der Waals surface area contributed by atoms with Gasteiger partial charge in [-0.25, -0.2) is 4.79 Å². The van der Waals surface area contributed by atoms with Gasteiger partial charge in [0.05, 0.1) is 0 Å². The summed E-state index contributed by atoms with van der Waals surface area (Å²) in [5.74, 6) is 0.862. The van der Waals surface area contributed by atoms with E-state index in [1.165, 1.54) is 9.58 Å². The highest BCUT2D eigenvalue weighted by Crippen LogP contribution is 2.21. The maximum Gasteiger partial charge on any atom is 0.346 e. The Morgan fingerprint density at radius 2 is 1.95 bits per heavy atom. The molecule has 6 heteroatoms. The van der Waals surface area contributed by atoms with Crippen molar-refractivity contribution in [2.24, 2.45) is 0 Å². The first-order chi connectivity index (χ1) is 8.70. The fourth-order valence-electron chi connectivity index (χ4n) is 1.78. The number of rotatable bonds is 3. The predicted octanol–water partition coefficient (Wildman–Crippen LogP) is 3.04. The number of aromatic nitrogens is 3. The van der Waals surface area contributed by atoms with Crippen molar-refractivity contribution in [2.45, 2.75) is 52.5 Å². The predicted molar refractivity (Wildman–Crippen MR) is 79.1 cm³/mol. The van der Waals surface area contributed by atoms with Gasteiger partial charge in [0.1, 0.15) is 5.82 Å². The molecule has 0 radical (unpaired) electrons. The zero-order valence-corrected chi connectivity index (χ0v) is 13.5. The van der Waals surface area contributed by atoms with Crippen LogP contribution in [0.1, 0.15) is 46.4 Å². The van der Waals surface area contributed by atoms with Gasteiger partial charge in [-0.3, -0.25) is 0 Å². The fraction of sp³-hybridized carbons (Fsp3) is 0.769. The lowest BCUT2D eigenvalue weighted by molar-refractivity contribution is 0.215. The first-order valence-electron chi connectivity index (χ1n) is 6.62. The summed E-state index contributed by atoms with van der Waals surface area (Å²) in [6, 6.07) is -0.203. The molecular weight excluding hydrogens is 260 g/mol. The summed E-state index contributed by atoms with van der Waals surface area (Å²) >= 11 is 5.41. The van der Waals surface area contributed by atoms with E-state index in [2.05, 4.69) is 32.8 Å². The van der Waals surface area contributed by atoms with E-state index in [0.717, 1.165) is 25.2 Å². The Morgan fingerprint density at radius 3 is 2.37 bits per heavy atom. The summed E-state index contributed by atoms with van der Waals surface area (Å²) in [7, 11) is 3.40. The van der Waals surface area contributed by atoms with Crippen molar-refractivity contribution in [3.8, 4) is 0 Å². The van der Waals surface area contributed by atoms with Crippen molar-refractivity contribution in [3.05, 3.63) is 10.6 Å². The zero-order chi connectivity index (χ0) is 14.8. The van der Waals surface area contributed by atoms with Crippen LogP contribution in [0.2, 0.25) is 0 Å². The van der Waals surface area contributed by atoms with Crippen LogP contribution in [0.15, 0.2) is 0 Å². The first kappa shape index (κ1) is 15.9. The van der Waals surface area contributed by atoms with Crippen molar-refractivity contribution in [2.75, 3.05) is 14.1 Å². The van der Waals surface area contributed by atoms with E-state index in [0.29, 0.717) is 4.77 Å². The van der Waals surface area contributed by atoms with E-state index in [1.54, 1.807) is 14.1 Å². The van der Waals surface area contributed by atoms with Gasteiger partial charge in [-0.15, -0.1) is 5.10 Å². The Labute approximate surface area is 120 Å². The molecule has 5 nitrogen and oxygen atoms in total. The Hall–Kier alpha value is -1.17. The lowest BCUT2D eigenvalue weighted by Crippen LogP contribution is -2.28. The number of carbonyl (C=O) groups excluding carboxylic acids is 1. The Kier molecular flexibility index (Phi) is 4.90. The molecule has 1 rings (SSSR count). The number of hydrogen-bond acceptors (Lipinski definition) is 3. The lowest BCUT2D eigenvalue weighted by Gasteiger charge is -2.18. The van der Waals surface area contributed by atoms with Crippen LogP contribution in [0.4, 0.5) is 4.79 Å². The number of hydrogen-bond donors (Lipinski definition) is 0. The van der Waals surface area contributed by atoms with Gasteiger partial charge in [0.15, 0.2) is 0 Å². The van der Waals surface area contributed by atoms with E-state index < -0.39 is 0 Å². The summed E-state index contributed by atoms with van der Waals surface area (Å²) in [6.07, 6.45) is 2.11. The molecule has 0 aliphatic carbocycles. The molecule has 0 saturated carbocycles. The van der Waals surface area contributed by atoms with Crippen LogP contribution < -0.4 is 0 Å². The van der Waals surface area contributed by atoms with Crippen LogP contribution >= 0.6 is 12.2 Å². The van der Waals surface area contributed by atoms with Crippen molar-refractivity contribution >= 4 is 18.2 Å². The summed E-state index contributed by atoms with van der Waals surface area (Å²) in [5.41, 5.74) is -0.140. The molecule has 0 saturated heterocycles. The number of amides is 1. The Bertz CT molecular complexity index is 508. The average molecular weight is 284 g/mol. The van der Waals surface area contributed by atoms with Gasteiger partial charge >= 0.3 is 6.03 Å². The summed E-state index contributed by atoms with van der Waals surface area (Å²) in [4.78, 5) is 13.6.